The molecule has 4 N–H and O–H groups in total. The van der Waals surface area contributed by atoms with E-state index in [1.54, 1.807) is 18.3 Å². The molecule has 0 fully saturated rings. The maximum absolute atomic E-state index is 12.8. The number of fused-ring (bicyclic) bond motifs is 1. The van der Waals surface area contributed by atoms with Crippen molar-refractivity contribution in [2.45, 2.75) is 19.5 Å². The lowest BCUT2D eigenvalue weighted by atomic mass is 10.2. The third-order valence-corrected chi connectivity index (χ3v) is 4.88. The van der Waals surface area contributed by atoms with E-state index in [4.69, 9.17) is 5.73 Å². The van der Waals surface area contributed by atoms with Gasteiger partial charge in [-0.2, -0.15) is 4.98 Å². The number of anilines is 2. The van der Waals surface area contributed by atoms with Gasteiger partial charge in [-0.25, -0.2) is 14.8 Å². The van der Waals surface area contributed by atoms with Crippen molar-refractivity contribution in [1.82, 2.24) is 24.5 Å². The summed E-state index contributed by atoms with van der Waals surface area (Å²) in [5.41, 5.74) is 6.65. The molecule has 4 rings (SSSR count). The van der Waals surface area contributed by atoms with Gasteiger partial charge < -0.3 is 20.8 Å². The second-order valence-corrected chi connectivity index (χ2v) is 7.61. The predicted octanol–water partition coefficient (Wildman–Crippen LogP) is 3.42. The number of ether oxygens (including phenoxy) is 1. The summed E-state index contributed by atoms with van der Waals surface area (Å²) >= 11 is 3.23. The molecule has 3 aromatic heterocycles. The van der Waals surface area contributed by atoms with Crippen molar-refractivity contribution in [1.29, 1.82) is 0 Å². The largest absolute Gasteiger partial charge is 0.573 e. The Labute approximate surface area is 186 Å². The smallest absolute Gasteiger partial charge is 0.405 e. The third-order valence-electron chi connectivity index (χ3n) is 4.38. The number of H-pyrrole nitrogens is 1. The molecule has 3 heterocycles. The molecule has 0 aliphatic heterocycles. The van der Waals surface area contributed by atoms with Gasteiger partial charge in [0.2, 0.25) is 5.95 Å². The normalized spacial score (nSPS) is 11.6. The Morgan fingerprint density at radius 1 is 1.22 bits per heavy atom. The zero-order chi connectivity index (χ0) is 22.9. The molecule has 0 bridgehead atoms. The van der Waals surface area contributed by atoms with Crippen molar-refractivity contribution in [2.24, 2.45) is 0 Å². The van der Waals surface area contributed by atoms with Crippen LogP contribution in [0.2, 0.25) is 0 Å². The number of aromatic amines is 1. The molecule has 0 unspecified atom stereocenters. The summed E-state index contributed by atoms with van der Waals surface area (Å²) in [5.74, 6) is 0.178. The lowest BCUT2D eigenvalue weighted by Crippen LogP contribution is -2.21. The lowest BCUT2D eigenvalue weighted by molar-refractivity contribution is -0.274. The Hall–Kier alpha value is -3.61. The number of pyridine rings is 1. The number of alkyl halides is 3. The zero-order valence-electron chi connectivity index (χ0n) is 16.2. The van der Waals surface area contributed by atoms with Crippen LogP contribution >= 0.6 is 15.9 Å². The first-order valence-corrected chi connectivity index (χ1v) is 9.91. The predicted molar refractivity (Wildman–Crippen MR) is 114 cm³/mol. The second-order valence-electron chi connectivity index (χ2n) is 6.69. The van der Waals surface area contributed by atoms with Crippen molar-refractivity contribution in [3.05, 3.63) is 68.8 Å². The number of aromatic nitrogens is 5. The number of nitrogens with one attached hydrogen (secondary N) is 2. The molecular formula is C19H15BrF3N7O2. The number of nitrogens with two attached hydrogens (primary N) is 1. The highest BCUT2D eigenvalue weighted by atomic mass is 79.9. The minimum Gasteiger partial charge on any atom is -0.405 e. The molecule has 9 nitrogen and oxygen atoms in total. The van der Waals surface area contributed by atoms with Gasteiger partial charge >= 0.3 is 12.1 Å². The molecule has 1 aromatic carbocycles. The first-order valence-electron chi connectivity index (χ1n) is 9.12. The van der Waals surface area contributed by atoms with Gasteiger partial charge in [0.15, 0.2) is 5.65 Å². The summed E-state index contributed by atoms with van der Waals surface area (Å²) in [6.45, 7) is 0.142. The summed E-state index contributed by atoms with van der Waals surface area (Å²) in [6.07, 6.45) is -1.89. The van der Waals surface area contributed by atoms with Crippen LogP contribution in [0.15, 0.2) is 52.0 Å². The SMILES string of the molecule is Nc1cc(CNc2ncc3[nH]c(=O)n(Cc4cc(Br)ccc4OC(F)(F)F)c3n2)ccn1. The van der Waals surface area contributed by atoms with Crippen LogP contribution in [0.4, 0.5) is 24.9 Å². The Morgan fingerprint density at radius 3 is 2.78 bits per heavy atom. The second kappa shape index (κ2) is 8.49. The molecule has 0 saturated heterocycles. The van der Waals surface area contributed by atoms with E-state index >= 15 is 0 Å². The molecular weight excluding hydrogens is 495 g/mol. The standard InChI is InChI=1S/C19H15BrF3N7O2/c20-12-1-2-14(32-19(21,22)23)11(6-12)9-30-16-13(28-18(30)31)8-27-17(29-16)26-7-10-3-4-25-15(24)5-10/h1-6,8H,7,9H2,(H2,24,25)(H,28,31)(H,26,27,29). The maximum Gasteiger partial charge on any atom is 0.573 e. The van der Waals surface area contributed by atoms with Crippen molar-refractivity contribution >= 4 is 38.9 Å². The number of nitrogen functional groups attached to an aromatic ring is 1. The first-order chi connectivity index (χ1) is 15.2. The number of hydrogen-bond acceptors (Lipinski definition) is 7. The molecule has 4 aromatic rings. The summed E-state index contributed by atoms with van der Waals surface area (Å²) in [6, 6.07) is 7.49. The van der Waals surface area contributed by atoms with Gasteiger partial charge in [-0.05, 0) is 35.9 Å². The van der Waals surface area contributed by atoms with Crippen molar-refractivity contribution < 1.29 is 17.9 Å². The Balaban J connectivity index is 1.65. The van der Waals surface area contributed by atoms with Gasteiger partial charge in [0.05, 0.1) is 12.7 Å². The number of benzene rings is 1. The minimum atomic E-state index is -4.87. The fourth-order valence-corrected chi connectivity index (χ4v) is 3.44. The van der Waals surface area contributed by atoms with Crippen LogP contribution in [-0.2, 0) is 13.1 Å². The highest BCUT2D eigenvalue weighted by Gasteiger charge is 2.32. The van der Waals surface area contributed by atoms with Crippen LogP contribution in [-0.4, -0.2) is 30.9 Å². The number of hydrogen-bond donors (Lipinski definition) is 3. The molecule has 0 saturated carbocycles. The Bertz CT molecular complexity index is 1340. The molecule has 0 aliphatic rings. The number of rotatable bonds is 6. The molecule has 0 atom stereocenters. The van der Waals surface area contributed by atoms with Gasteiger partial charge in [0.1, 0.15) is 17.1 Å². The van der Waals surface area contributed by atoms with Crippen molar-refractivity contribution in [3.63, 3.8) is 0 Å². The van der Waals surface area contributed by atoms with Crippen LogP contribution in [0, 0.1) is 0 Å². The van der Waals surface area contributed by atoms with E-state index < -0.39 is 17.8 Å². The summed E-state index contributed by atoms with van der Waals surface area (Å²) in [4.78, 5) is 27.5. The van der Waals surface area contributed by atoms with Crippen molar-refractivity contribution in [3.8, 4) is 5.75 Å². The molecule has 13 heteroatoms. The fraction of sp³-hybridized carbons (Fsp3) is 0.158. The maximum atomic E-state index is 12.8. The van der Waals surface area contributed by atoms with Gasteiger partial charge in [0.25, 0.3) is 0 Å². The van der Waals surface area contributed by atoms with E-state index in [2.05, 4.69) is 45.9 Å². The monoisotopic (exact) mass is 509 g/mol. The molecule has 0 amide bonds. The van der Waals surface area contributed by atoms with E-state index in [0.717, 1.165) is 5.56 Å². The van der Waals surface area contributed by atoms with Gasteiger partial charge in [-0.15, -0.1) is 13.2 Å². The van der Waals surface area contributed by atoms with Gasteiger partial charge in [-0.3, -0.25) is 4.57 Å². The van der Waals surface area contributed by atoms with Crippen LogP contribution < -0.4 is 21.5 Å². The third kappa shape index (κ3) is 4.99. The Kier molecular flexibility index (Phi) is 5.74. The van der Waals surface area contributed by atoms with Gasteiger partial charge in [-0.1, -0.05) is 15.9 Å². The number of imidazole rings is 1. The highest BCUT2D eigenvalue weighted by Crippen LogP contribution is 2.29. The van der Waals surface area contributed by atoms with Crippen LogP contribution in [0.3, 0.4) is 0 Å². The highest BCUT2D eigenvalue weighted by molar-refractivity contribution is 9.10. The topological polar surface area (TPSA) is 124 Å². The van der Waals surface area contributed by atoms with Crippen LogP contribution in [0.1, 0.15) is 11.1 Å². The van der Waals surface area contributed by atoms with E-state index in [1.807, 2.05) is 0 Å². The average Bonchev–Trinajstić information content (AvgIpc) is 3.02. The number of nitrogens with zero attached hydrogens (tertiary/aromatic N) is 4. The van der Waals surface area contributed by atoms with Crippen LogP contribution in [0.25, 0.3) is 11.2 Å². The number of halogens is 4. The minimum absolute atomic E-state index is 0.139. The van der Waals surface area contributed by atoms with E-state index in [0.29, 0.717) is 22.4 Å². The summed E-state index contributed by atoms with van der Waals surface area (Å²) in [5, 5.41) is 3.02. The molecule has 0 aliphatic carbocycles. The van der Waals surface area contributed by atoms with E-state index in [-0.39, 0.29) is 23.7 Å². The molecule has 0 spiro atoms. The van der Waals surface area contributed by atoms with E-state index in [9.17, 15) is 18.0 Å². The van der Waals surface area contributed by atoms with E-state index in [1.165, 1.54) is 29.0 Å². The summed E-state index contributed by atoms with van der Waals surface area (Å²) < 4.78 is 44.2. The van der Waals surface area contributed by atoms with Gasteiger partial charge in [0, 0.05) is 22.8 Å². The molecule has 166 valence electrons. The lowest BCUT2D eigenvalue weighted by Gasteiger charge is -2.14. The Morgan fingerprint density at radius 2 is 2.03 bits per heavy atom. The molecule has 0 radical (unpaired) electrons. The first kappa shape index (κ1) is 21.6. The average molecular weight is 510 g/mol. The van der Waals surface area contributed by atoms with Crippen molar-refractivity contribution in [2.75, 3.05) is 11.1 Å². The quantitative estimate of drug-likeness (QED) is 0.363. The molecule has 32 heavy (non-hydrogen) atoms. The summed E-state index contributed by atoms with van der Waals surface area (Å²) in [7, 11) is 0. The fourth-order valence-electron chi connectivity index (χ4n) is 3.03. The van der Waals surface area contributed by atoms with Crippen LogP contribution in [0.5, 0.6) is 5.75 Å². The zero-order valence-corrected chi connectivity index (χ0v) is 17.7.